The van der Waals surface area contributed by atoms with Crippen molar-refractivity contribution in [3.63, 3.8) is 0 Å². The molecule has 0 aliphatic rings. The molecule has 0 atom stereocenters. The van der Waals surface area contributed by atoms with Gasteiger partial charge in [0.1, 0.15) is 10.5 Å². The van der Waals surface area contributed by atoms with E-state index in [0.717, 1.165) is 12.1 Å². The van der Waals surface area contributed by atoms with Gasteiger partial charge in [-0.15, -0.1) is 11.3 Å². The zero-order valence-electron chi connectivity index (χ0n) is 13.3. The maximum atomic E-state index is 12.8. The summed E-state index contributed by atoms with van der Waals surface area (Å²) in [4.78, 5) is 25.2. The van der Waals surface area contributed by atoms with Gasteiger partial charge in [0.25, 0.3) is 5.56 Å². The van der Waals surface area contributed by atoms with Crippen LogP contribution in [0.25, 0.3) is 20.4 Å². The molecule has 5 nitrogen and oxygen atoms in total. The van der Waals surface area contributed by atoms with Crippen molar-refractivity contribution < 1.29 is 13.2 Å². The Hall–Kier alpha value is -2.46. The molecule has 0 aliphatic heterocycles. The Bertz CT molecular complexity index is 1160. The van der Waals surface area contributed by atoms with Crippen LogP contribution in [0.5, 0.6) is 0 Å². The minimum atomic E-state index is -4.40. The molecule has 134 valence electrons. The van der Waals surface area contributed by atoms with Gasteiger partial charge in [0.2, 0.25) is 0 Å². The molecule has 0 unspecified atom stereocenters. The molecule has 0 radical (unpaired) electrons. The van der Waals surface area contributed by atoms with E-state index in [2.05, 4.69) is 15.0 Å². The lowest BCUT2D eigenvalue weighted by Gasteiger charge is -2.14. The minimum Gasteiger partial charge on any atom is -0.344 e. The molecule has 4 rings (SSSR count). The first-order valence-electron chi connectivity index (χ1n) is 7.46. The fraction of sp³-hybridized carbons (Fsp3) is 0.188. The third-order valence-electron chi connectivity index (χ3n) is 3.78. The van der Waals surface area contributed by atoms with Gasteiger partial charge in [-0.25, -0.2) is 9.97 Å². The number of aromatic amines is 1. The third kappa shape index (κ3) is 3.06. The van der Waals surface area contributed by atoms with Gasteiger partial charge in [0.05, 0.1) is 27.8 Å². The van der Waals surface area contributed by atoms with Crippen LogP contribution in [0.2, 0.25) is 0 Å². The van der Waals surface area contributed by atoms with Gasteiger partial charge in [-0.2, -0.15) is 13.2 Å². The minimum absolute atomic E-state index is 0.201. The van der Waals surface area contributed by atoms with Crippen molar-refractivity contribution in [2.45, 2.75) is 12.7 Å². The van der Waals surface area contributed by atoms with Crippen molar-refractivity contribution in [3.05, 3.63) is 51.4 Å². The van der Waals surface area contributed by atoms with E-state index in [9.17, 15) is 18.0 Å². The van der Waals surface area contributed by atoms with Crippen LogP contribution in [0.4, 0.5) is 18.3 Å². The van der Waals surface area contributed by atoms with Crippen molar-refractivity contribution >= 4 is 48.2 Å². The maximum absolute atomic E-state index is 12.8. The molecule has 0 amide bonds. The fourth-order valence-electron chi connectivity index (χ4n) is 2.54. The number of hydrogen-bond donors (Lipinski definition) is 1. The average Bonchev–Trinajstić information content (AvgIpc) is 3.19. The molecule has 4 aromatic rings. The van der Waals surface area contributed by atoms with Crippen LogP contribution < -0.4 is 10.5 Å². The van der Waals surface area contributed by atoms with Crippen LogP contribution >= 0.6 is 22.7 Å². The summed E-state index contributed by atoms with van der Waals surface area (Å²) in [6, 6.07) is 5.29. The molecule has 3 heterocycles. The van der Waals surface area contributed by atoms with E-state index in [-0.39, 0.29) is 12.1 Å². The lowest BCUT2D eigenvalue weighted by atomic mass is 10.2. The number of hydrogen-bond acceptors (Lipinski definition) is 6. The van der Waals surface area contributed by atoms with Crippen molar-refractivity contribution in [1.29, 1.82) is 0 Å². The molecule has 0 saturated heterocycles. The number of benzene rings is 1. The van der Waals surface area contributed by atoms with Crippen molar-refractivity contribution in [2.75, 3.05) is 11.9 Å². The smallest absolute Gasteiger partial charge is 0.344 e. The Morgan fingerprint density at radius 2 is 2.00 bits per heavy atom. The summed E-state index contributed by atoms with van der Waals surface area (Å²) in [5.74, 6) is 0.471. The van der Waals surface area contributed by atoms with E-state index in [4.69, 9.17) is 0 Å². The number of alkyl halides is 3. The quantitative estimate of drug-likeness (QED) is 0.562. The number of rotatable bonds is 3. The Balaban J connectivity index is 1.64. The zero-order chi connectivity index (χ0) is 18.5. The highest BCUT2D eigenvalue weighted by Gasteiger charge is 2.30. The summed E-state index contributed by atoms with van der Waals surface area (Å²) in [5, 5.41) is 2.35. The Morgan fingerprint density at radius 1 is 1.19 bits per heavy atom. The van der Waals surface area contributed by atoms with Gasteiger partial charge >= 0.3 is 6.18 Å². The molecule has 0 aliphatic carbocycles. The Labute approximate surface area is 152 Å². The predicted molar refractivity (Wildman–Crippen MR) is 97.0 cm³/mol. The van der Waals surface area contributed by atoms with Crippen molar-refractivity contribution in [2.24, 2.45) is 0 Å². The largest absolute Gasteiger partial charge is 0.416 e. The molecule has 0 spiro atoms. The highest BCUT2D eigenvalue weighted by molar-refractivity contribution is 7.22. The summed E-state index contributed by atoms with van der Waals surface area (Å²) < 4.78 is 39.7. The average molecular weight is 396 g/mol. The first-order chi connectivity index (χ1) is 12.3. The second-order valence-electron chi connectivity index (χ2n) is 5.68. The molecular weight excluding hydrogens is 385 g/mol. The highest BCUT2D eigenvalue weighted by atomic mass is 32.1. The third-order valence-corrected chi connectivity index (χ3v) is 5.83. The molecule has 0 saturated carbocycles. The van der Waals surface area contributed by atoms with Crippen molar-refractivity contribution in [1.82, 2.24) is 15.0 Å². The molecule has 1 aromatic carbocycles. The topological polar surface area (TPSA) is 61.9 Å². The van der Waals surface area contributed by atoms with E-state index in [1.807, 2.05) is 0 Å². The molecule has 26 heavy (non-hydrogen) atoms. The van der Waals surface area contributed by atoms with Crippen molar-refractivity contribution in [3.8, 4) is 0 Å². The summed E-state index contributed by atoms with van der Waals surface area (Å²) >= 11 is 2.61. The van der Waals surface area contributed by atoms with Crippen LogP contribution in [0.15, 0.2) is 34.4 Å². The standard InChI is InChI=1S/C16H11F3N4OS2/c1-23(7-12-20-9-4-5-25-13(9)14(24)22-12)15-21-10-6-8(16(17,18)19)2-3-11(10)26-15/h2-6H,7H2,1H3,(H,20,22,24). The van der Waals surface area contributed by atoms with Gasteiger partial charge in [0.15, 0.2) is 5.13 Å². The van der Waals surface area contributed by atoms with Crippen LogP contribution in [0.1, 0.15) is 11.4 Å². The number of H-pyrrole nitrogens is 1. The van der Waals surface area contributed by atoms with Crippen LogP contribution in [0.3, 0.4) is 0 Å². The zero-order valence-corrected chi connectivity index (χ0v) is 14.9. The van der Waals surface area contributed by atoms with Gasteiger partial charge in [0, 0.05) is 7.05 Å². The molecule has 1 N–H and O–H groups in total. The van der Waals surface area contributed by atoms with Gasteiger partial charge < -0.3 is 9.88 Å². The summed E-state index contributed by atoms with van der Waals surface area (Å²) in [5.41, 5.74) is -0.00592. The number of halogens is 3. The lowest BCUT2D eigenvalue weighted by Crippen LogP contribution is -2.21. The predicted octanol–water partition coefficient (Wildman–Crippen LogP) is 4.25. The van der Waals surface area contributed by atoms with Gasteiger partial charge in [-0.05, 0) is 29.6 Å². The maximum Gasteiger partial charge on any atom is 0.416 e. The lowest BCUT2D eigenvalue weighted by molar-refractivity contribution is -0.137. The Morgan fingerprint density at radius 3 is 2.77 bits per heavy atom. The SMILES string of the molecule is CN(Cc1nc2ccsc2c(=O)[nH]1)c1nc2cc(C(F)(F)F)ccc2s1. The van der Waals surface area contributed by atoms with E-state index in [1.54, 1.807) is 23.4 Å². The van der Waals surface area contributed by atoms with Gasteiger partial charge in [-0.3, -0.25) is 4.79 Å². The van der Waals surface area contributed by atoms with Crippen LogP contribution in [0, 0.1) is 0 Å². The second-order valence-corrected chi connectivity index (χ2v) is 7.61. The first-order valence-corrected chi connectivity index (χ1v) is 9.16. The number of fused-ring (bicyclic) bond motifs is 2. The summed E-state index contributed by atoms with van der Waals surface area (Å²) in [6.07, 6.45) is -4.40. The Kier molecular flexibility index (Phi) is 3.96. The molecular formula is C16H11F3N4OS2. The van der Waals surface area contributed by atoms with Crippen LogP contribution in [-0.2, 0) is 12.7 Å². The number of thiazole rings is 1. The number of thiophene rings is 1. The summed E-state index contributed by atoms with van der Waals surface area (Å²) in [7, 11) is 1.75. The fourth-order valence-corrected chi connectivity index (χ4v) is 4.18. The number of anilines is 1. The molecule has 3 aromatic heterocycles. The highest BCUT2D eigenvalue weighted by Crippen LogP contribution is 2.34. The number of aromatic nitrogens is 3. The van der Waals surface area contributed by atoms with Crippen LogP contribution in [-0.4, -0.2) is 22.0 Å². The molecule has 10 heteroatoms. The molecule has 0 bridgehead atoms. The monoisotopic (exact) mass is 396 g/mol. The van der Waals surface area contributed by atoms with Gasteiger partial charge in [-0.1, -0.05) is 11.3 Å². The normalized spacial score (nSPS) is 12.2. The number of nitrogens with zero attached hydrogens (tertiary/aromatic N) is 3. The number of nitrogens with one attached hydrogen (secondary N) is 1. The summed E-state index contributed by atoms with van der Waals surface area (Å²) in [6.45, 7) is 0.285. The van der Waals surface area contributed by atoms with E-state index in [1.165, 1.54) is 28.7 Å². The second kappa shape index (κ2) is 6.06. The van der Waals surface area contributed by atoms with E-state index < -0.39 is 11.7 Å². The van der Waals surface area contributed by atoms with E-state index >= 15 is 0 Å². The molecule has 0 fully saturated rings. The first kappa shape index (κ1) is 17.0. The van der Waals surface area contributed by atoms with E-state index in [0.29, 0.717) is 31.4 Å².